The number of alkyl halides is 3. The van der Waals surface area contributed by atoms with Crippen LogP contribution in [-0.4, -0.2) is 20.7 Å². The second-order valence-corrected chi connectivity index (χ2v) is 6.60. The number of amides is 1. The number of hydrogen-bond donors (Lipinski definition) is 1. The van der Waals surface area contributed by atoms with Crippen LogP contribution < -0.4 is 5.32 Å². The number of anilines is 1. The van der Waals surface area contributed by atoms with E-state index in [2.05, 4.69) is 15.4 Å². The Bertz CT molecular complexity index is 990. The van der Waals surface area contributed by atoms with Gasteiger partial charge in [0.25, 0.3) is 0 Å². The highest BCUT2D eigenvalue weighted by Gasteiger charge is 2.36. The number of thiazole rings is 1. The van der Waals surface area contributed by atoms with Crippen molar-refractivity contribution in [3.8, 4) is 16.3 Å². The molecule has 128 valence electrons. The third-order valence-electron chi connectivity index (χ3n) is 3.84. The zero-order chi connectivity index (χ0) is 17.8. The van der Waals surface area contributed by atoms with Gasteiger partial charge in [-0.05, 0) is 12.1 Å². The molecule has 9 heteroatoms. The minimum atomic E-state index is -4.48. The molecule has 1 aromatic carbocycles. The Balaban J connectivity index is 1.85. The fourth-order valence-corrected chi connectivity index (χ4v) is 3.97. The molecule has 0 fully saturated rings. The molecule has 2 heterocycles. The van der Waals surface area contributed by atoms with Crippen molar-refractivity contribution in [1.82, 2.24) is 14.8 Å². The van der Waals surface area contributed by atoms with Crippen LogP contribution in [0.15, 0.2) is 30.5 Å². The Morgan fingerprint density at radius 3 is 2.80 bits per heavy atom. The van der Waals surface area contributed by atoms with Crippen LogP contribution in [0.3, 0.4) is 0 Å². The zero-order valence-corrected chi connectivity index (χ0v) is 13.7. The van der Waals surface area contributed by atoms with E-state index in [1.165, 1.54) is 35.1 Å². The first-order chi connectivity index (χ1) is 11.8. The van der Waals surface area contributed by atoms with Gasteiger partial charge in [0.2, 0.25) is 5.91 Å². The van der Waals surface area contributed by atoms with Crippen molar-refractivity contribution in [3.05, 3.63) is 47.3 Å². The predicted octanol–water partition coefficient (Wildman–Crippen LogP) is 3.88. The summed E-state index contributed by atoms with van der Waals surface area (Å²) in [7, 11) is 0. The molecule has 3 aromatic rings. The number of fused-ring (bicyclic) bond motifs is 3. The van der Waals surface area contributed by atoms with E-state index in [1.807, 2.05) is 0 Å². The lowest BCUT2D eigenvalue weighted by molar-refractivity contribution is -0.137. The van der Waals surface area contributed by atoms with E-state index >= 15 is 0 Å². The number of nitrogens with zero attached hydrogens (tertiary/aromatic N) is 3. The molecule has 4 rings (SSSR count). The molecule has 0 aliphatic heterocycles. The van der Waals surface area contributed by atoms with Gasteiger partial charge >= 0.3 is 6.18 Å². The van der Waals surface area contributed by atoms with Crippen LogP contribution >= 0.6 is 11.3 Å². The fraction of sp³-hybridized carbons (Fsp3) is 0.188. The monoisotopic (exact) mass is 364 g/mol. The Morgan fingerprint density at radius 2 is 2.08 bits per heavy atom. The Labute approximate surface area is 144 Å². The SMILES string of the molecule is CC(=O)Nc1nc2c(s1)-c1c(cnn1-c1ccccc1C(F)(F)F)C2. The summed E-state index contributed by atoms with van der Waals surface area (Å²) in [6.07, 6.45) is -2.43. The van der Waals surface area contributed by atoms with Crippen molar-refractivity contribution < 1.29 is 18.0 Å². The quantitative estimate of drug-likeness (QED) is 0.587. The number of rotatable bonds is 2. The number of carbonyl (C=O) groups excluding carboxylic acids is 1. The topological polar surface area (TPSA) is 59.8 Å². The zero-order valence-electron chi connectivity index (χ0n) is 12.9. The van der Waals surface area contributed by atoms with Crippen molar-refractivity contribution in [2.75, 3.05) is 5.32 Å². The first-order valence-electron chi connectivity index (χ1n) is 7.36. The normalized spacial score (nSPS) is 12.8. The van der Waals surface area contributed by atoms with Crippen LogP contribution in [0.4, 0.5) is 18.3 Å². The molecule has 1 N–H and O–H groups in total. The van der Waals surface area contributed by atoms with Crippen molar-refractivity contribution in [2.24, 2.45) is 0 Å². The summed E-state index contributed by atoms with van der Waals surface area (Å²) < 4.78 is 41.3. The summed E-state index contributed by atoms with van der Waals surface area (Å²) in [5.74, 6) is -0.247. The lowest BCUT2D eigenvalue weighted by atomic mass is 10.1. The van der Waals surface area contributed by atoms with Crippen molar-refractivity contribution >= 4 is 22.4 Å². The molecule has 0 saturated heterocycles. The van der Waals surface area contributed by atoms with Crippen LogP contribution in [0.25, 0.3) is 16.3 Å². The highest BCUT2D eigenvalue weighted by atomic mass is 32.1. The van der Waals surface area contributed by atoms with Crippen LogP contribution in [-0.2, 0) is 17.4 Å². The number of para-hydroxylation sites is 1. The first-order valence-corrected chi connectivity index (χ1v) is 8.17. The third kappa shape index (κ3) is 2.60. The number of nitrogens with one attached hydrogen (secondary N) is 1. The number of carbonyl (C=O) groups is 1. The molecule has 5 nitrogen and oxygen atoms in total. The largest absolute Gasteiger partial charge is 0.418 e. The molecular formula is C16H11F3N4OS. The smallest absolute Gasteiger partial charge is 0.302 e. The van der Waals surface area contributed by atoms with Crippen LogP contribution in [0, 0.1) is 0 Å². The van der Waals surface area contributed by atoms with Crippen molar-refractivity contribution in [1.29, 1.82) is 0 Å². The molecule has 1 aliphatic carbocycles. The van der Waals surface area contributed by atoms with E-state index in [4.69, 9.17) is 0 Å². The Hall–Kier alpha value is -2.68. The fourth-order valence-electron chi connectivity index (χ4n) is 2.88. The molecule has 0 bridgehead atoms. The number of hydrogen-bond acceptors (Lipinski definition) is 4. The maximum Gasteiger partial charge on any atom is 0.418 e. The van der Waals surface area contributed by atoms with Crippen LogP contribution in [0.5, 0.6) is 0 Å². The van der Waals surface area contributed by atoms with Gasteiger partial charge in [-0.3, -0.25) is 4.79 Å². The minimum Gasteiger partial charge on any atom is -0.302 e. The van der Waals surface area contributed by atoms with Gasteiger partial charge in [0.15, 0.2) is 5.13 Å². The summed E-state index contributed by atoms with van der Waals surface area (Å²) >= 11 is 1.23. The summed E-state index contributed by atoms with van der Waals surface area (Å²) in [5.41, 5.74) is 1.37. The van der Waals surface area contributed by atoms with Gasteiger partial charge in [-0.1, -0.05) is 23.5 Å². The molecule has 0 saturated carbocycles. The van der Waals surface area contributed by atoms with Gasteiger partial charge in [0.1, 0.15) is 0 Å². The van der Waals surface area contributed by atoms with Gasteiger partial charge in [-0.2, -0.15) is 18.3 Å². The van der Waals surface area contributed by atoms with E-state index in [-0.39, 0.29) is 11.6 Å². The predicted molar refractivity (Wildman–Crippen MR) is 86.8 cm³/mol. The second kappa shape index (κ2) is 5.41. The van der Waals surface area contributed by atoms with Crippen LogP contribution in [0.1, 0.15) is 23.7 Å². The van der Waals surface area contributed by atoms with Gasteiger partial charge in [0, 0.05) is 18.9 Å². The van der Waals surface area contributed by atoms with E-state index in [0.717, 1.165) is 22.2 Å². The number of aromatic nitrogens is 3. The molecule has 0 atom stereocenters. The molecule has 0 unspecified atom stereocenters. The van der Waals surface area contributed by atoms with E-state index < -0.39 is 11.7 Å². The molecule has 0 spiro atoms. The van der Waals surface area contributed by atoms with Gasteiger partial charge < -0.3 is 5.32 Å². The summed E-state index contributed by atoms with van der Waals surface area (Å²) in [5, 5.41) is 7.20. The lowest BCUT2D eigenvalue weighted by Gasteiger charge is -2.14. The average Bonchev–Trinajstić information content (AvgIpc) is 3.16. The van der Waals surface area contributed by atoms with E-state index in [9.17, 15) is 18.0 Å². The maximum atomic E-state index is 13.3. The highest BCUT2D eigenvalue weighted by Crippen LogP contribution is 2.44. The number of halogens is 3. The van der Waals surface area contributed by atoms with Gasteiger partial charge in [-0.15, -0.1) is 0 Å². The molecule has 1 aliphatic rings. The van der Waals surface area contributed by atoms with E-state index in [1.54, 1.807) is 12.3 Å². The highest BCUT2D eigenvalue weighted by molar-refractivity contribution is 7.19. The first kappa shape index (κ1) is 15.8. The average molecular weight is 364 g/mol. The molecular weight excluding hydrogens is 353 g/mol. The maximum absolute atomic E-state index is 13.3. The standard InChI is InChI=1S/C16H11F3N4OS/c1-8(24)21-15-22-11-6-9-7-20-23(13(9)14(11)25-15)12-5-3-2-4-10(12)16(17,18)19/h2-5,7H,6H2,1H3,(H,21,22,24). The number of benzene rings is 1. The minimum absolute atomic E-state index is 0.0291. The Kier molecular flexibility index (Phi) is 3.43. The molecule has 25 heavy (non-hydrogen) atoms. The van der Waals surface area contributed by atoms with Crippen molar-refractivity contribution in [3.63, 3.8) is 0 Å². The van der Waals surface area contributed by atoms with Gasteiger partial charge in [0.05, 0.1) is 33.7 Å². The molecule has 2 aromatic heterocycles. The lowest BCUT2D eigenvalue weighted by Crippen LogP contribution is -2.11. The van der Waals surface area contributed by atoms with E-state index in [0.29, 0.717) is 17.2 Å². The summed E-state index contributed by atoms with van der Waals surface area (Å²) in [6, 6.07) is 5.32. The molecule has 0 radical (unpaired) electrons. The third-order valence-corrected chi connectivity index (χ3v) is 4.86. The second-order valence-electron chi connectivity index (χ2n) is 5.60. The van der Waals surface area contributed by atoms with Gasteiger partial charge in [-0.25, -0.2) is 9.67 Å². The molecule has 1 amide bonds. The Morgan fingerprint density at radius 1 is 1.32 bits per heavy atom. The summed E-state index contributed by atoms with van der Waals surface area (Å²) in [6.45, 7) is 1.38. The van der Waals surface area contributed by atoms with Crippen LogP contribution in [0.2, 0.25) is 0 Å². The summed E-state index contributed by atoms with van der Waals surface area (Å²) in [4.78, 5) is 16.3. The van der Waals surface area contributed by atoms with Crippen molar-refractivity contribution in [2.45, 2.75) is 19.5 Å².